The van der Waals surface area contributed by atoms with E-state index in [4.69, 9.17) is 5.73 Å². The van der Waals surface area contributed by atoms with Crippen molar-refractivity contribution in [2.24, 2.45) is 11.7 Å². The van der Waals surface area contributed by atoms with Gasteiger partial charge >= 0.3 is 0 Å². The van der Waals surface area contributed by atoms with Crippen LogP contribution in [-0.2, 0) is 6.54 Å². The third-order valence-corrected chi connectivity index (χ3v) is 4.27. The van der Waals surface area contributed by atoms with Crippen molar-refractivity contribution in [3.05, 3.63) is 29.3 Å². The molecule has 1 aliphatic carbocycles. The number of benzene rings is 1. The van der Waals surface area contributed by atoms with Gasteiger partial charge in [-0.25, -0.2) is 8.78 Å². The predicted molar refractivity (Wildman–Crippen MR) is 74.1 cm³/mol. The fourth-order valence-electron chi connectivity index (χ4n) is 2.84. The molecule has 0 spiro atoms. The number of nitrogens with zero attached hydrogens (tertiary/aromatic N) is 1. The van der Waals surface area contributed by atoms with E-state index in [-0.39, 0.29) is 12.1 Å². The molecule has 0 bridgehead atoms. The van der Waals surface area contributed by atoms with Crippen molar-refractivity contribution in [3.63, 3.8) is 0 Å². The molecule has 2 nitrogen and oxygen atoms in total. The Bertz CT molecular complexity index is 440. The van der Waals surface area contributed by atoms with Gasteiger partial charge in [-0.2, -0.15) is 0 Å². The summed E-state index contributed by atoms with van der Waals surface area (Å²) >= 11 is 0. The van der Waals surface area contributed by atoms with Crippen LogP contribution in [0.2, 0.25) is 0 Å². The minimum absolute atomic E-state index is 0.0215. The molecule has 106 valence electrons. The number of hydrogen-bond acceptors (Lipinski definition) is 2. The van der Waals surface area contributed by atoms with Crippen LogP contribution in [0.4, 0.5) is 14.5 Å². The van der Waals surface area contributed by atoms with Crippen LogP contribution in [0.25, 0.3) is 0 Å². The van der Waals surface area contributed by atoms with Crippen molar-refractivity contribution in [3.8, 4) is 0 Å². The lowest BCUT2D eigenvalue weighted by Gasteiger charge is -2.35. The summed E-state index contributed by atoms with van der Waals surface area (Å²) in [7, 11) is 1.85. The molecular formula is C15H22F2N2. The summed E-state index contributed by atoms with van der Waals surface area (Å²) in [5, 5.41) is 0. The van der Waals surface area contributed by atoms with Gasteiger partial charge in [-0.1, -0.05) is 13.0 Å². The van der Waals surface area contributed by atoms with Crippen molar-refractivity contribution >= 4 is 5.69 Å². The second-order valence-corrected chi connectivity index (χ2v) is 5.60. The first-order valence-corrected chi connectivity index (χ1v) is 6.94. The molecule has 0 aromatic heterocycles. The predicted octanol–water partition coefficient (Wildman–Crippen LogP) is 3.44. The van der Waals surface area contributed by atoms with Crippen LogP contribution in [0, 0.1) is 17.6 Å². The highest BCUT2D eigenvalue weighted by Gasteiger charge is 2.24. The van der Waals surface area contributed by atoms with Crippen LogP contribution in [-0.4, -0.2) is 13.1 Å². The molecule has 0 aliphatic heterocycles. The van der Waals surface area contributed by atoms with Gasteiger partial charge in [-0.15, -0.1) is 0 Å². The normalized spacial score (nSPS) is 23.4. The molecule has 1 aromatic carbocycles. The summed E-state index contributed by atoms with van der Waals surface area (Å²) < 4.78 is 27.8. The number of halogens is 2. The monoisotopic (exact) mass is 268 g/mol. The topological polar surface area (TPSA) is 29.3 Å². The minimum Gasteiger partial charge on any atom is -0.369 e. The van der Waals surface area contributed by atoms with Gasteiger partial charge in [0.25, 0.3) is 0 Å². The third kappa shape index (κ3) is 2.89. The second-order valence-electron chi connectivity index (χ2n) is 5.60. The van der Waals surface area contributed by atoms with Gasteiger partial charge < -0.3 is 10.6 Å². The van der Waals surface area contributed by atoms with Crippen molar-refractivity contribution in [2.45, 2.75) is 45.2 Å². The molecule has 0 unspecified atom stereocenters. The van der Waals surface area contributed by atoms with E-state index < -0.39 is 11.6 Å². The molecule has 19 heavy (non-hydrogen) atoms. The minimum atomic E-state index is -0.809. The van der Waals surface area contributed by atoms with E-state index in [1.54, 1.807) is 12.1 Å². The first kappa shape index (κ1) is 14.3. The maximum Gasteiger partial charge on any atom is 0.182 e. The standard InChI is InChI=1S/C15H22F2N2/c1-10-3-6-12(7-4-10)19(2)13-8-5-11(9-18)14(16)15(13)17/h5,8,10,12H,3-4,6-7,9,18H2,1-2H3. The van der Waals surface area contributed by atoms with E-state index in [0.717, 1.165) is 31.6 Å². The zero-order valence-corrected chi connectivity index (χ0v) is 11.6. The molecule has 0 radical (unpaired) electrons. The second kappa shape index (κ2) is 5.87. The highest BCUT2D eigenvalue weighted by molar-refractivity contribution is 5.50. The summed E-state index contributed by atoms with van der Waals surface area (Å²) in [6, 6.07) is 3.52. The Kier molecular flexibility index (Phi) is 4.40. The Morgan fingerprint density at radius 2 is 1.79 bits per heavy atom. The zero-order valence-electron chi connectivity index (χ0n) is 11.6. The molecule has 1 saturated carbocycles. The van der Waals surface area contributed by atoms with Crippen LogP contribution < -0.4 is 10.6 Å². The third-order valence-electron chi connectivity index (χ3n) is 4.27. The summed E-state index contributed by atoms with van der Waals surface area (Å²) in [5.41, 5.74) is 5.95. The average molecular weight is 268 g/mol. The van der Waals surface area contributed by atoms with Gasteiger partial charge in [-0.05, 0) is 37.7 Å². The van der Waals surface area contributed by atoms with E-state index in [0.29, 0.717) is 11.7 Å². The molecule has 1 aliphatic rings. The molecule has 4 heteroatoms. The number of anilines is 1. The van der Waals surface area contributed by atoms with Crippen molar-refractivity contribution < 1.29 is 8.78 Å². The maximum atomic E-state index is 14.1. The quantitative estimate of drug-likeness (QED) is 0.910. The Morgan fingerprint density at radius 3 is 2.37 bits per heavy atom. The number of rotatable bonds is 3. The lowest BCUT2D eigenvalue weighted by Crippen LogP contribution is -2.35. The highest BCUT2D eigenvalue weighted by atomic mass is 19.2. The summed E-state index contributed by atoms with van der Waals surface area (Å²) in [6.45, 7) is 2.26. The summed E-state index contributed by atoms with van der Waals surface area (Å²) in [5.74, 6) is -0.842. The van der Waals surface area contributed by atoms with E-state index in [9.17, 15) is 8.78 Å². The molecule has 2 rings (SSSR count). The largest absolute Gasteiger partial charge is 0.369 e. The van der Waals surface area contributed by atoms with E-state index in [2.05, 4.69) is 6.92 Å². The molecule has 0 amide bonds. The molecule has 0 heterocycles. The van der Waals surface area contributed by atoms with E-state index in [1.807, 2.05) is 11.9 Å². The summed E-state index contributed by atoms with van der Waals surface area (Å²) in [6.07, 6.45) is 4.38. The first-order chi connectivity index (χ1) is 9.04. The molecule has 1 fully saturated rings. The molecule has 1 aromatic rings. The number of hydrogen-bond donors (Lipinski definition) is 1. The fraction of sp³-hybridized carbons (Fsp3) is 0.600. The van der Waals surface area contributed by atoms with Crippen molar-refractivity contribution in [1.29, 1.82) is 0 Å². The Morgan fingerprint density at radius 1 is 1.16 bits per heavy atom. The smallest absolute Gasteiger partial charge is 0.182 e. The number of nitrogens with two attached hydrogens (primary N) is 1. The van der Waals surface area contributed by atoms with Crippen LogP contribution in [0.1, 0.15) is 38.2 Å². The van der Waals surface area contributed by atoms with Crippen LogP contribution >= 0.6 is 0 Å². The van der Waals surface area contributed by atoms with Crippen LogP contribution in [0.5, 0.6) is 0 Å². The van der Waals surface area contributed by atoms with Crippen molar-refractivity contribution in [2.75, 3.05) is 11.9 Å². The van der Waals surface area contributed by atoms with Gasteiger partial charge in [0.1, 0.15) is 0 Å². The summed E-state index contributed by atoms with van der Waals surface area (Å²) in [4.78, 5) is 1.88. The van der Waals surface area contributed by atoms with Gasteiger partial charge in [0.2, 0.25) is 0 Å². The van der Waals surface area contributed by atoms with Crippen LogP contribution in [0.15, 0.2) is 12.1 Å². The maximum absolute atomic E-state index is 14.1. The Labute approximate surface area is 113 Å². The highest BCUT2D eigenvalue weighted by Crippen LogP contribution is 2.31. The van der Waals surface area contributed by atoms with E-state index >= 15 is 0 Å². The average Bonchev–Trinajstić information content (AvgIpc) is 2.42. The molecule has 2 N–H and O–H groups in total. The van der Waals surface area contributed by atoms with Crippen LogP contribution in [0.3, 0.4) is 0 Å². The van der Waals surface area contributed by atoms with E-state index in [1.165, 1.54) is 0 Å². The fourth-order valence-corrected chi connectivity index (χ4v) is 2.84. The van der Waals surface area contributed by atoms with Crippen molar-refractivity contribution in [1.82, 2.24) is 0 Å². The molecule has 0 atom stereocenters. The van der Waals surface area contributed by atoms with Gasteiger partial charge in [0.05, 0.1) is 5.69 Å². The lowest BCUT2D eigenvalue weighted by molar-refractivity contribution is 0.339. The zero-order chi connectivity index (χ0) is 14.0. The lowest BCUT2D eigenvalue weighted by atomic mass is 9.86. The van der Waals surface area contributed by atoms with Gasteiger partial charge in [0, 0.05) is 25.2 Å². The van der Waals surface area contributed by atoms with Gasteiger partial charge in [-0.3, -0.25) is 0 Å². The molecular weight excluding hydrogens is 246 g/mol. The van der Waals surface area contributed by atoms with Gasteiger partial charge in [0.15, 0.2) is 11.6 Å². The Hall–Kier alpha value is -1.16. The molecule has 0 saturated heterocycles. The Balaban J connectivity index is 2.19. The first-order valence-electron chi connectivity index (χ1n) is 6.94. The SMILES string of the molecule is CC1CCC(N(C)c2ccc(CN)c(F)c2F)CC1.